The molecule has 0 unspecified atom stereocenters. The van der Waals surface area contributed by atoms with Crippen molar-refractivity contribution in [3.05, 3.63) is 28.2 Å². The summed E-state index contributed by atoms with van der Waals surface area (Å²) in [5.74, 6) is 1.80. The number of nitrogens with one attached hydrogen (secondary N) is 1. The van der Waals surface area contributed by atoms with Crippen LogP contribution in [0.5, 0.6) is 5.75 Å². The van der Waals surface area contributed by atoms with Crippen molar-refractivity contribution in [2.45, 2.75) is 25.8 Å². The molecule has 3 heteroatoms. The number of ether oxygens (including phenoxy) is 1. The Balaban J connectivity index is 1.99. The highest BCUT2D eigenvalue weighted by Gasteiger charge is 2.18. The van der Waals surface area contributed by atoms with Crippen LogP contribution in [-0.4, -0.2) is 13.7 Å². The Hall–Kier alpha value is -0.540. The van der Waals surface area contributed by atoms with Gasteiger partial charge in [-0.25, -0.2) is 0 Å². The average molecular weight is 284 g/mol. The Morgan fingerprint density at radius 1 is 1.44 bits per heavy atom. The normalized spacial score (nSPS) is 15.9. The van der Waals surface area contributed by atoms with Crippen LogP contribution in [0.4, 0.5) is 0 Å². The summed E-state index contributed by atoms with van der Waals surface area (Å²) in [7, 11) is 1.95. The molecule has 1 aromatic carbocycles. The maximum atomic E-state index is 5.89. The van der Waals surface area contributed by atoms with E-state index < -0.39 is 0 Å². The molecule has 1 saturated carbocycles. The minimum absolute atomic E-state index is 0.783. The fourth-order valence-corrected chi connectivity index (χ4v) is 2.29. The Bertz CT molecular complexity index is 350. The molecule has 0 radical (unpaired) electrons. The topological polar surface area (TPSA) is 21.3 Å². The fraction of sp³-hybridized carbons (Fsp3) is 0.538. The number of hydrogen-bond acceptors (Lipinski definition) is 2. The molecule has 0 amide bonds. The van der Waals surface area contributed by atoms with Crippen molar-refractivity contribution in [1.29, 1.82) is 0 Å². The highest BCUT2D eigenvalue weighted by molar-refractivity contribution is 9.10. The molecule has 2 nitrogen and oxygen atoms in total. The number of benzene rings is 1. The van der Waals surface area contributed by atoms with E-state index in [9.17, 15) is 0 Å². The van der Waals surface area contributed by atoms with E-state index in [1.807, 2.05) is 13.1 Å². The van der Waals surface area contributed by atoms with E-state index in [4.69, 9.17) is 4.74 Å². The Morgan fingerprint density at radius 2 is 2.25 bits per heavy atom. The van der Waals surface area contributed by atoms with Crippen LogP contribution in [0.2, 0.25) is 0 Å². The second kappa shape index (κ2) is 5.69. The molecule has 0 aromatic heterocycles. The zero-order chi connectivity index (χ0) is 11.4. The molecule has 1 aliphatic carbocycles. The molecule has 0 atom stereocenters. The zero-order valence-electron chi connectivity index (χ0n) is 9.63. The van der Waals surface area contributed by atoms with Gasteiger partial charge in [0.15, 0.2) is 0 Å². The lowest BCUT2D eigenvalue weighted by Gasteiger charge is -2.25. The van der Waals surface area contributed by atoms with Gasteiger partial charge in [-0.3, -0.25) is 0 Å². The summed E-state index contributed by atoms with van der Waals surface area (Å²) in [4.78, 5) is 0. The maximum absolute atomic E-state index is 5.89. The first kappa shape index (κ1) is 11.9. The minimum Gasteiger partial charge on any atom is -0.493 e. The lowest BCUT2D eigenvalue weighted by molar-refractivity contribution is 0.179. The van der Waals surface area contributed by atoms with Gasteiger partial charge in [0.2, 0.25) is 0 Å². The van der Waals surface area contributed by atoms with Crippen LogP contribution in [0.3, 0.4) is 0 Å². The molecule has 0 saturated heterocycles. The van der Waals surface area contributed by atoms with E-state index in [1.165, 1.54) is 24.8 Å². The number of rotatable bonds is 5. The van der Waals surface area contributed by atoms with Gasteiger partial charge in [0.25, 0.3) is 0 Å². The predicted molar refractivity (Wildman–Crippen MR) is 69.7 cm³/mol. The first-order valence-corrected chi connectivity index (χ1v) is 6.64. The van der Waals surface area contributed by atoms with E-state index in [0.29, 0.717) is 0 Å². The highest BCUT2D eigenvalue weighted by Crippen LogP contribution is 2.29. The first-order chi connectivity index (χ1) is 7.79. The molecule has 2 rings (SSSR count). The highest BCUT2D eigenvalue weighted by atomic mass is 79.9. The summed E-state index contributed by atoms with van der Waals surface area (Å²) < 4.78 is 6.99. The van der Waals surface area contributed by atoms with Gasteiger partial charge in [-0.15, -0.1) is 0 Å². The minimum atomic E-state index is 0.783. The standard InChI is InChI=1S/C13H18BrNO/c1-15-8-11-7-12(14)5-6-13(11)16-9-10-3-2-4-10/h5-7,10,15H,2-4,8-9H2,1H3. The molecule has 0 aliphatic heterocycles. The molecule has 1 fully saturated rings. The summed E-state index contributed by atoms with van der Waals surface area (Å²) in [5.41, 5.74) is 1.22. The van der Waals surface area contributed by atoms with Gasteiger partial charge in [0.05, 0.1) is 6.61 Å². The van der Waals surface area contributed by atoms with Crippen LogP contribution in [0, 0.1) is 5.92 Å². The van der Waals surface area contributed by atoms with E-state index >= 15 is 0 Å². The molecule has 16 heavy (non-hydrogen) atoms. The van der Waals surface area contributed by atoms with Gasteiger partial charge < -0.3 is 10.1 Å². The van der Waals surface area contributed by atoms with Crippen molar-refractivity contribution < 1.29 is 4.74 Å². The molecule has 0 heterocycles. The molecule has 1 N–H and O–H groups in total. The molecular weight excluding hydrogens is 266 g/mol. The van der Waals surface area contributed by atoms with E-state index in [0.717, 1.165) is 29.3 Å². The van der Waals surface area contributed by atoms with Crippen molar-refractivity contribution in [1.82, 2.24) is 5.32 Å². The number of hydrogen-bond donors (Lipinski definition) is 1. The molecule has 1 aliphatic rings. The van der Waals surface area contributed by atoms with Gasteiger partial charge in [-0.2, -0.15) is 0 Å². The van der Waals surface area contributed by atoms with Crippen molar-refractivity contribution in [3.63, 3.8) is 0 Å². The van der Waals surface area contributed by atoms with Crippen LogP contribution in [0.25, 0.3) is 0 Å². The van der Waals surface area contributed by atoms with Gasteiger partial charge in [-0.1, -0.05) is 22.4 Å². The third-order valence-electron chi connectivity index (χ3n) is 3.09. The van der Waals surface area contributed by atoms with Gasteiger partial charge in [0.1, 0.15) is 5.75 Å². The molecule has 0 spiro atoms. The Labute approximate surface area is 106 Å². The molecular formula is C13H18BrNO. The van der Waals surface area contributed by atoms with E-state index in [2.05, 4.69) is 33.4 Å². The quantitative estimate of drug-likeness (QED) is 0.895. The summed E-state index contributed by atoms with van der Waals surface area (Å²) in [6, 6.07) is 6.21. The lowest BCUT2D eigenvalue weighted by Crippen LogP contribution is -2.20. The van der Waals surface area contributed by atoms with Crippen LogP contribution in [0.15, 0.2) is 22.7 Å². The third-order valence-corrected chi connectivity index (χ3v) is 3.58. The van der Waals surface area contributed by atoms with Crippen LogP contribution < -0.4 is 10.1 Å². The summed E-state index contributed by atoms with van der Waals surface area (Å²) in [6.45, 7) is 1.72. The zero-order valence-corrected chi connectivity index (χ0v) is 11.2. The first-order valence-electron chi connectivity index (χ1n) is 5.85. The fourth-order valence-electron chi connectivity index (χ4n) is 1.88. The molecule has 1 aromatic rings. The predicted octanol–water partition coefficient (Wildman–Crippen LogP) is 3.35. The Morgan fingerprint density at radius 3 is 2.88 bits per heavy atom. The van der Waals surface area contributed by atoms with Gasteiger partial charge >= 0.3 is 0 Å². The van der Waals surface area contributed by atoms with Crippen molar-refractivity contribution in [2.75, 3.05) is 13.7 Å². The largest absolute Gasteiger partial charge is 0.493 e. The summed E-state index contributed by atoms with van der Waals surface area (Å²) >= 11 is 3.49. The SMILES string of the molecule is CNCc1cc(Br)ccc1OCC1CCC1. The second-order valence-electron chi connectivity index (χ2n) is 4.39. The second-order valence-corrected chi connectivity index (χ2v) is 5.31. The van der Waals surface area contributed by atoms with Crippen LogP contribution >= 0.6 is 15.9 Å². The van der Waals surface area contributed by atoms with Crippen molar-refractivity contribution in [3.8, 4) is 5.75 Å². The van der Waals surface area contributed by atoms with E-state index in [-0.39, 0.29) is 0 Å². The smallest absolute Gasteiger partial charge is 0.123 e. The molecule has 88 valence electrons. The maximum Gasteiger partial charge on any atom is 0.123 e. The molecule has 0 bridgehead atoms. The van der Waals surface area contributed by atoms with Crippen molar-refractivity contribution in [2.24, 2.45) is 5.92 Å². The average Bonchev–Trinajstić information content (AvgIpc) is 2.19. The lowest BCUT2D eigenvalue weighted by atomic mass is 9.86. The monoisotopic (exact) mass is 283 g/mol. The summed E-state index contributed by atoms with van der Waals surface area (Å²) in [5, 5.41) is 3.17. The van der Waals surface area contributed by atoms with E-state index in [1.54, 1.807) is 0 Å². The van der Waals surface area contributed by atoms with Crippen LogP contribution in [-0.2, 0) is 6.54 Å². The van der Waals surface area contributed by atoms with Crippen LogP contribution in [0.1, 0.15) is 24.8 Å². The Kier molecular flexibility index (Phi) is 4.24. The summed E-state index contributed by atoms with van der Waals surface area (Å²) in [6.07, 6.45) is 4.04. The van der Waals surface area contributed by atoms with Gasteiger partial charge in [0, 0.05) is 16.6 Å². The third kappa shape index (κ3) is 2.98. The van der Waals surface area contributed by atoms with Crippen molar-refractivity contribution >= 4 is 15.9 Å². The van der Waals surface area contributed by atoms with Gasteiger partial charge in [-0.05, 0) is 44.0 Å². The number of halogens is 1.